The van der Waals surface area contributed by atoms with Crippen LogP contribution in [0.15, 0.2) is 34.9 Å². The van der Waals surface area contributed by atoms with Gasteiger partial charge in [-0.2, -0.15) is 0 Å². The Kier molecular flexibility index (Phi) is 5.18. The number of oxazole rings is 1. The van der Waals surface area contributed by atoms with Crippen molar-refractivity contribution in [3.63, 3.8) is 0 Å². The summed E-state index contributed by atoms with van der Waals surface area (Å²) in [6.07, 6.45) is 4.79. The van der Waals surface area contributed by atoms with Crippen molar-refractivity contribution in [1.29, 1.82) is 0 Å². The van der Waals surface area contributed by atoms with E-state index in [1.165, 1.54) is 5.56 Å². The third-order valence-corrected chi connectivity index (χ3v) is 3.42. The maximum absolute atomic E-state index is 5.84. The molecule has 0 saturated carbocycles. The van der Waals surface area contributed by atoms with Gasteiger partial charge in [-0.1, -0.05) is 31.2 Å². The number of aryl methyl sites for hydroxylation is 2. The molecular formula is C18H26N2O. The van der Waals surface area contributed by atoms with Gasteiger partial charge >= 0.3 is 0 Å². The average Bonchev–Trinajstić information content (AvgIpc) is 2.91. The number of aromatic nitrogens is 1. The molecule has 1 aromatic carbocycles. The number of nitrogens with zero attached hydrogens (tertiary/aromatic N) is 1. The van der Waals surface area contributed by atoms with Crippen molar-refractivity contribution in [3.05, 3.63) is 41.9 Å². The van der Waals surface area contributed by atoms with Gasteiger partial charge in [0.25, 0.3) is 0 Å². The van der Waals surface area contributed by atoms with E-state index in [2.05, 4.69) is 62.3 Å². The van der Waals surface area contributed by atoms with Crippen LogP contribution >= 0.6 is 0 Å². The minimum absolute atomic E-state index is 0.169. The van der Waals surface area contributed by atoms with Crippen molar-refractivity contribution < 1.29 is 4.42 Å². The second-order valence-electron chi connectivity index (χ2n) is 6.45. The summed E-state index contributed by atoms with van der Waals surface area (Å²) < 4.78 is 5.84. The summed E-state index contributed by atoms with van der Waals surface area (Å²) in [7, 11) is 0. The Bertz CT molecular complexity index is 549. The van der Waals surface area contributed by atoms with Crippen LogP contribution in [0.5, 0.6) is 0 Å². The number of hydrogen-bond donors (Lipinski definition) is 1. The first-order chi connectivity index (χ1) is 9.98. The largest absolute Gasteiger partial charge is 0.441 e. The van der Waals surface area contributed by atoms with Crippen molar-refractivity contribution in [2.45, 2.75) is 52.5 Å². The fourth-order valence-electron chi connectivity index (χ4n) is 2.17. The molecule has 0 spiro atoms. The first-order valence-electron chi connectivity index (χ1n) is 7.77. The minimum Gasteiger partial charge on any atom is -0.441 e. The Labute approximate surface area is 127 Å². The second-order valence-corrected chi connectivity index (χ2v) is 6.45. The molecular weight excluding hydrogens is 260 g/mol. The van der Waals surface area contributed by atoms with Crippen LogP contribution in [0.3, 0.4) is 0 Å². The van der Waals surface area contributed by atoms with Crippen molar-refractivity contribution in [1.82, 2.24) is 10.3 Å². The molecule has 3 nitrogen and oxygen atoms in total. The van der Waals surface area contributed by atoms with E-state index in [-0.39, 0.29) is 5.54 Å². The Balaban J connectivity index is 1.88. The lowest BCUT2D eigenvalue weighted by atomic mass is 10.1. The van der Waals surface area contributed by atoms with Gasteiger partial charge in [0.05, 0.1) is 6.20 Å². The Morgan fingerprint density at radius 1 is 1.14 bits per heavy atom. The molecule has 0 fully saturated rings. The lowest BCUT2D eigenvalue weighted by Gasteiger charge is -2.19. The third-order valence-electron chi connectivity index (χ3n) is 3.42. The van der Waals surface area contributed by atoms with Gasteiger partial charge < -0.3 is 9.73 Å². The molecule has 1 aromatic heterocycles. The molecule has 0 aliphatic rings. The molecule has 0 atom stereocenters. The van der Waals surface area contributed by atoms with E-state index < -0.39 is 0 Å². The van der Waals surface area contributed by atoms with Crippen LogP contribution in [0.1, 0.15) is 45.6 Å². The predicted octanol–water partition coefficient (Wildman–Crippen LogP) is 4.22. The van der Waals surface area contributed by atoms with Crippen molar-refractivity contribution in [2.24, 2.45) is 0 Å². The molecule has 21 heavy (non-hydrogen) atoms. The Morgan fingerprint density at radius 3 is 2.48 bits per heavy atom. The highest BCUT2D eigenvalue weighted by molar-refractivity contribution is 5.56. The van der Waals surface area contributed by atoms with E-state index in [1.807, 2.05) is 6.20 Å². The van der Waals surface area contributed by atoms with Gasteiger partial charge in [0.2, 0.25) is 0 Å². The normalized spacial score (nSPS) is 11.8. The van der Waals surface area contributed by atoms with Crippen LogP contribution in [0.25, 0.3) is 11.3 Å². The van der Waals surface area contributed by atoms with E-state index in [9.17, 15) is 0 Å². The number of rotatable bonds is 6. The van der Waals surface area contributed by atoms with Crippen LogP contribution in [0.4, 0.5) is 0 Å². The Morgan fingerprint density at radius 2 is 1.86 bits per heavy atom. The maximum atomic E-state index is 5.84. The lowest BCUT2D eigenvalue weighted by Crippen LogP contribution is -2.36. The van der Waals surface area contributed by atoms with E-state index in [4.69, 9.17) is 4.42 Å². The van der Waals surface area contributed by atoms with Crippen molar-refractivity contribution in [2.75, 3.05) is 6.54 Å². The first kappa shape index (κ1) is 15.8. The van der Waals surface area contributed by atoms with Crippen LogP contribution in [0, 0.1) is 0 Å². The van der Waals surface area contributed by atoms with Crippen molar-refractivity contribution >= 4 is 0 Å². The molecule has 0 bridgehead atoms. The van der Waals surface area contributed by atoms with Gasteiger partial charge in [-0.15, -0.1) is 0 Å². The van der Waals surface area contributed by atoms with Crippen LogP contribution < -0.4 is 5.32 Å². The molecule has 0 aliphatic carbocycles. The van der Waals surface area contributed by atoms with E-state index >= 15 is 0 Å². The molecule has 0 aliphatic heterocycles. The molecule has 2 aromatic rings. The standard InChI is InChI=1S/C18H26N2O/c1-5-14-8-10-15(11-9-14)16-13-19-17(21-16)7-6-12-20-18(2,3)4/h8-11,13,20H,5-7,12H2,1-4H3. The second kappa shape index (κ2) is 6.90. The summed E-state index contributed by atoms with van der Waals surface area (Å²) in [6, 6.07) is 8.49. The lowest BCUT2D eigenvalue weighted by molar-refractivity contribution is 0.412. The van der Waals surface area contributed by atoms with Gasteiger partial charge in [-0.3, -0.25) is 0 Å². The first-order valence-corrected chi connectivity index (χ1v) is 7.77. The highest BCUT2D eigenvalue weighted by Crippen LogP contribution is 2.21. The fraction of sp³-hybridized carbons (Fsp3) is 0.500. The zero-order valence-corrected chi connectivity index (χ0v) is 13.6. The van der Waals surface area contributed by atoms with Gasteiger partial charge in [-0.05, 0) is 45.7 Å². The fourth-order valence-corrected chi connectivity index (χ4v) is 2.17. The molecule has 114 valence electrons. The van der Waals surface area contributed by atoms with Crippen LogP contribution in [-0.2, 0) is 12.8 Å². The molecule has 1 N–H and O–H groups in total. The Hall–Kier alpha value is -1.61. The monoisotopic (exact) mass is 286 g/mol. The number of nitrogens with one attached hydrogen (secondary N) is 1. The number of benzene rings is 1. The van der Waals surface area contributed by atoms with Gasteiger partial charge in [0, 0.05) is 17.5 Å². The molecule has 1 heterocycles. The SMILES string of the molecule is CCc1ccc(-c2cnc(CCCNC(C)(C)C)o2)cc1. The summed E-state index contributed by atoms with van der Waals surface area (Å²) in [5.41, 5.74) is 2.61. The smallest absolute Gasteiger partial charge is 0.194 e. The molecule has 3 heteroatoms. The maximum Gasteiger partial charge on any atom is 0.194 e. The van der Waals surface area contributed by atoms with E-state index in [1.54, 1.807) is 0 Å². The average molecular weight is 286 g/mol. The summed E-state index contributed by atoms with van der Waals surface area (Å²) >= 11 is 0. The quantitative estimate of drug-likeness (QED) is 0.808. The van der Waals surface area contributed by atoms with Crippen LogP contribution in [-0.4, -0.2) is 17.1 Å². The number of hydrogen-bond acceptors (Lipinski definition) is 3. The van der Waals surface area contributed by atoms with E-state index in [0.717, 1.165) is 43.0 Å². The zero-order chi connectivity index (χ0) is 15.3. The molecule has 0 radical (unpaired) electrons. The molecule has 0 unspecified atom stereocenters. The molecule has 0 amide bonds. The summed E-state index contributed by atoms with van der Waals surface area (Å²) in [6.45, 7) is 9.67. The zero-order valence-electron chi connectivity index (χ0n) is 13.6. The highest BCUT2D eigenvalue weighted by Gasteiger charge is 2.09. The van der Waals surface area contributed by atoms with Gasteiger partial charge in [-0.25, -0.2) is 4.98 Å². The van der Waals surface area contributed by atoms with E-state index in [0.29, 0.717) is 0 Å². The molecule has 0 saturated heterocycles. The predicted molar refractivity (Wildman–Crippen MR) is 87.4 cm³/mol. The summed E-state index contributed by atoms with van der Waals surface area (Å²) in [5.74, 6) is 1.68. The van der Waals surface area contributed by atoms with Crippen molar-refractivity contribution in [3.8, 4) is 11.3 Å². The van der Waals surface area contributed by atoms with Crippen LogP contribution in [0.2, 0.25) is 0 Å². The molecule has 2 rings (SSSR count). The summed E-state index contributed by atoms with van der Waals surface area (Å²) in [4.78, 5) is 4.37. The van der Waals surface area contributed by atoms with Gasteiger partial charge in [0.1, 0.15) is 0 Å². The summed E-state index contributed by atoms with van der Waals surface area (Å²) in [5, 5.41) is 3.47. The van der Waals surface area contributed by atoms with Gasteiger partial charge in [0.15, 0.2) is 11.7 Å². The third kappa shape index (κ3) is 5.01. The topological polar surface area (TPSA) is 38.1 Å². The highest BCUT2D eigenvalue weighted by atomic mass is 16.4. The minimum atomic E-state index is 0.169.